The minimum absolute atomic E-state index is 0.113. The molecule has 9 nitrogen and oxygen atoms in total. The van der Waals surface area contributed by atoms with Crippen molar-refractivity contribution in [2.24, 2.45) is 5.92 Å². The summed E-state index contributed by atoms with van der Waals surface area (Å²) in [6.07, 6.45) is -0.335. The van der Waals surface area contributed by atoms with Crippen molar-refractivity contribution in [1.82, 2.24) is 9.80 Å². The van der Waals surface area contributed by atoms with E-state index >= 15 is 0 Å². The predicted molar refractivity (Wildman–Crippen MR) is 127 cm³/mol. The summed E-state index contributed by atoms with van der Waals surface area (Å²) >= 11 is 0. The van der Waals surface area contributed by atoms with E-state index in [0.29, 0.717) is 55.5 Å². The van der Waals surface area contributed by atoms with Crippen LogP contribution >= 0.6 is 0 Å². The molecular weight excluding hydrogens is 438 g/mol. The van der Waals surface area contributed by atoms with Crippen molar-refractivity contribution in [2.45, 2.75) is 13.8 Å². The second-order valence-electron chi connectivity index (χ2n) is 8.34. The van der Waals surface area contributed by atoms with Crippen molar-refractivity contribution in [3.8, 4) is 11.5 Å². The second kappa shape index (κ2) is 11.9. The molecule has 0 aliphatic carbocycles. The first-order valence-electron chi connectivity index (χ1n) is 11.2. The highest BCUT2D eigenvalue weighted by molar-refractivity contribution is 5.94. The van der Waals surface area contributed by atoms with Crippen molar-refractivity contribution < 1.29 is 28.6 Å². The average molecular weight is 470 g/mol. The molecule has 0 aromatic heterocycles. The molecule has 2 aromatic rings. The van der Waals surface area contributed by atoms with Crippen LogP contribution in [0.4, 0.5) is 10.5 Å². The van der Waals surface area contributed by atoms with Gasteiger partial charge in [-0.05, 0) is 42.3 Å². The molecule has 1 fully saturated rings. The third kappa shape index (κ3) is 7.13. The molecule has 1 aliphatic rings. The summed E-state index contributed by atoms with van der Waals surface area (Å²) in [6, 6.07) is 13.7. The molecule has 1 heterocycles. The van der Waals surface area contributed by atoms with Gasteiger partial charge in [0.1, 0.15) is 11.5 Å². The molecule has 9 heteroatoms. The van der Waals surface area contributed by atoms with Gasteiger partial charge in [0.25, 0.3) is 11.8 Å². The predicted octanol–water partition coefficient (Wildman–Crippen LogP) is 3.26. The largest absolute Gasteiger partial charge is 0.497 e. The molecule has 0 radical (unpaired) electrons. The Balaban J connectivity index is 1.44. The zero-order valence-electron chi connectivity index (χ0n) is 19.8. The van der Waals surface area contributed by atoms with Gasteiger partial charge in [-0.1, -0.05) is 19.9 Å². The average Bonchev–Trinajstić information content (AvgIpc) is 2.86. The third-order valence-corrected chi connectivity index (χ3v) is 5.19. The molecule has 0 bridgehead atoms. The van der Waals surface area contributed by atoms with Gasteiger partial charge < -0.3 is 29.3 Å². The summed E-state index contributed by atoms with van der Waals surface area (Å²) in [6.45, 7) is 5.94. The first-order chi connectivity index (χ1) is 16.4. The van der Waals surface area contributed by atoms with E-state index in [9.17, 15) is 14.4 Å². The van der Waals surface area contributed by atoms with Crippen LogP contribution in [-0.4, -0.2) is 74.2 Å². The van der Waals surface area contributed by atoms with E-state index < -0.39 is 0 Å². The quantitative estimate of drug-likeness (QED) is 0.637. The summed E-state index contributed by atoms with van der Waals surface area (Å²) in [4.78, 5) is 40.4. The molecular formula is C25H31N3O6. The summed E-state index contributed by atoms with van der Waals surface area (Å²) in [5.41, 5.74) is 1.13. The van der Waals surface area contributed by atoms with Crippen LogP contribution in [0.25, 0.3) is 0 Å². The first kappa shape index (κ1) is 24.9. The number of ether oxygens (including phenoxy) is 3. The Hall–Kier alpha value is -3.75. The highest BCUT2D eigenvalue weighted by Crippen LogP contribution is 2.18. The summed E-state index contributed by atoms with van der Waals surface area (Å²) in [7, 11) is 1.56. The van der Waals surface area contributed by atoms with E-state index in [1.807, 2.05) is 13.8 Å². The van der Waals surface area contributed by atoms with Crippen molar-refractivity contribution in [1.29, 1.82) is 0 Å². The normalized spacial score (nSPS) is 13.4. The molecule has 1 N–H and O–H groups in total. The molecule has 3 amide bonds. The van der Waals surface area contributed by atoms with Gasteiger partial charge in [0.2, 0.25) is 0 Å². The fraction of sp³-hybridized carbons (Fsp3) is 0.400. The van der Waals surface area contributed by atoms with Gasteiger partial charge in [-0.15, -0.1) is 0 Å². The van der Waals surface area contributed by atoms with Crippen molar-refractivity contribution in [3.05, 3.63) is 54.1 Å². The summed E-state index contributed by atoms with van der Waals surface area (Å²) in [5, 5.41) is 2.74. The Morgan fingerprint density at radius 3 is 2.26 bits per heavy atom. The molecule has 1 aliphatic heterocycles. The fourth-order valence-electron chi connectivity index (χ4n) is 3.34. The van der Waals surface area contributed by atoms with Crippen LogP contribution < -0.4 is 14.8 Å². The van der Waals surface area contributed by atoms with Crippen molar-refractivity contribution in [3.63, 3.8) is 0 Å². The number of nitrogens with zero attached hydrogens (tertiary/aromatic N) is 2. The van der Waals surface area contributed by atoms with Crippen molar-refractivity contribution >= 4 is 23.6 Å². The Morgan fingerprint density at radius 1 is 0.941 bits per heavy atom. The highest BCUT2D eigenvalue weighted by atomic mass is 16.6. The fourth-order valence-corrected chi connectivity index (χ4v) is 3.34. The first-order valence-corrected chi connectivity index (χ1v) is 11.2. The number of hydrogen-bond acceptors (Lipinski definition) is 6. The van der Waals surface area contributed by atoms with Gasteiger partial charge in [-0.25, -0.2) is 4.79 Å². The Morgan fingerprint density at radius 2 is 1.62 bits per heavy atom. The van der Waals surface area contributed by atoms with E-state index in [1.54, 1.807) is 65.4 Å². The number of benzene rings is 2. The second-order valence-corrected chi connectivity index (χ2v) is 8.34. The minimum Gasteiger partial charge on any atom is -0.497 e. The Bertz CT molecular complexity index is 984. The monoisotopic (exact) mass is 469 g/mol. The number of methoxy groups -OCH3 is 1. The maximum atomic E-state index is 12.8. The van der Waals surface area contributed by atoms with E-state index in [1.165, 1.54) is 0 Å². The molecule has 0 atom stereocenters. The number of carbonyl (C=O) groups is 3. The van der Waals surface area contributed by atoms with Gasteiger partial charge in [-0.3, -0.25) is 9.59 Å². The molecule has 0 spiro atoms. The lowest BCUT2D eigenvalue weighted by atomic mass is 10.1. The summed E-state index contributed by atoms with van der Waals surface area (Å²) in [5.74, 6) is 0.985. The smallest absolute Gasteiger partial charge is 0.409 e. The van der Waals surface area contributed by atoms with Crippen LogP contribution in [0.3, 0.4) is 0 Å². The van der Waals surface area contributed by atoms with Gasteiger partial charge in [0.15, 0.2) is 6.61 Å². The molecule has 3 rings (SSSR count). The Labute approximate surface area is 199 Å². The molecule has 34 heavy (non-hydrogen) atoms. The number of carbonyl (C=O) groups excluding carboxylic acids is 3. The highest BCUT2D eigenvalue weighted by Gasteiger charge is 2.25. The SMILES string of the molecule is COc1cccc(NC(=O)COc2ccc(C(=O)N3CCN(C(=O)OCC(C)C)CC3)cc2)c1. The lowest BCUT2D eigenvalue weighted by Gasteiger charge is -2.34. The van der Waals surface area contributed by atoms with E-state index in [-0.39, 0.29) is 30.4 Å². The minimum atomic E-state index is -0.335. The summed E-state index contributed by atoms with van der Waals surface area (Å²) < 4.78 is 15.9. The van der Waals surface area contributed by atoms with Gasteiger partial charge >= 0.3 is 6.09 Å². The molecule has 182 valence electrons. The van der Waals surface area contributed by atoms with Crippen LogP contribution in [0.15, 0.2) is 48.5 Å². The maximum absolute atomic E-state index is 12.8. The van der Waals surface area contributed by atoms with E-state index in [0.717, 1.165) is 0 Å². The maximum Gasteiger partial charge on any atom is 0.409 e. The number of hydrogen-bond donors (Lipinski definition) is 1. The number of piperazine rings is 1. The van der Waals surface area contributed by atoms with Crippen molar-refractivity contribution in [2.75, 3.05) is 51.8 Å². The van der Waals surface area contributed by atoms with Gasteiger partial charge in [-0.2, -0.15) is 0 Å². The van der Waals surface area contributed by atoms with Crippen LogP contribution in [0.1, 0.15) is 24.2 Å². The van der Waals surface area contributed by atoms with Gasteiger partial charge in [0, 0.05) is 43.5 Å². The van der Waals surface area contributed by atoms with Crippen LogP contribution in [-0.2, 0) is 9.53 Å². The van der Waals surface area contributed by atoms with E-state index in [4.69, 9.17) is 14.2 Å². The third-order valence-electron chi connectivity index (χ3n) is 5.19. The molecule has 1 saturated heterocycles. The van der Waals surface area contributed by atoms with Crippen LogP contribution in [0.5, 0.6) is 11.5 Å². The lowest BCUT2D eigenvalue weighted by molar-refractivity contribution is -0.118. The van der Waals surface area contributed by atoms with E-state index in [2.05, 4.69) is 5.32 Å². The number of anilines is 1. The number of rotatable bonds is 8. The topological polar surface area (TPSA) is 97.4 Å². The molecule has 2 aromatic carbocycles. The van der Waals surface area contributed by atoms with Gasteiger partial charge in [0.05, 0.1) is 13.7 Å². The zero-order chi connectivity index (χ0) is 24.5. The molecule has 0 unspecified atom stereocenters. The number of nitrogens with one attached hydrogen (secondary N) is 1. The van der Waals surface area contributed by atoms with Crippen LogP contribution in [0, 0.1) is 5.92 Å². The van der Waals surface area contributed by atoms with Crippen LogP contribution in [0.2, 0.25) is 0 Å². The zero-order valence-corrected chi connectivity index (χ0v) is 19.8. The molecule has 0 saturated carbocycles. The lowest BCUT2D eigenvalue weighted by Crippen LogP contribution is -2.50. The Kier molecular flexibility index (Phi) is 8.73. The number of amides is 3. The standard InChI is InChI=1S/C25H31N3O6/c1-18(2)16-34-25(31)28-13-11-27(12-14-28)24(30)19-7-9-21(10-8-19)33-17-23(29)26-20-5-4-6-22(15-20)32-3/h4-10,15,18H,11-14,16-17H2,1-3H3,(H,26,29).